The van der Waals surface area contributed by atoms with Crippen LogP contribution in [-0.4, -0.2) is 15.1 Å². The summed E-state index contributed by atoms with van der Waals surface area (Å²) in [6.45, 7) is 1.98. The molecular formula is C14H14N4O. The molecule has 1 aromatic carbocycles. The van der Waals surface area contributed by atoms with Gasteiger partial charge in [0.15, 0.2) is 0 Å². The summed E-state index contributed by atoms with van der Waals surface area (Å²) in [6, 6.07) is 9.70. The third-order valence-corrected chi connectivity index (χ3v) is 3.08. The highest BCUT2D eigenvalue weighted by Gasteiger charge is 2.16. The van der Waals surface area contributed by atoms with E-state index in [1.54, 1.807) is 6.20 Å². The molecule has 2 heterocycles. The summed E-state index contributed by atoms with van der Waals surface area (Å²) in [6.07, 6.45) is 2.50. The number of nitrogens with zero attached hydrogens (tertiary/aromatic N) is 3. The molecule has 0 unspecified atom stereocenters. The van der Waals surface area contributed by atoms with E-state index in [4.69, 9.17) is 10.3 Å². The summed E-state index contributed by atoms with van der Waals surface area (Å²) < 4.78 is 5.19. The van der Waals surface area contributed by atoms with E-state index in [0.717, 1.165) is 22.9 Å². The lowest BCUT2D eigenvalue weighted by molar-refractivity contribution is 0.352. The van der Waals surface area contributed by atoms with Crippen molar-refractivity contribution in [3.05, 3.63) is 42.4 Å². The molecule has 0 radical (unpaired) electrons. The molecule has 3 rings (SSSR count). The van der Waals surface area contributed by atoms with E-state index in [9.17, 15) is 0 Å². The lowest BCUT2D eigenvalue weighted by Crippen LogP contribution is -2.08. The van der Waals surface area contributed by atoms with Gasteiger partial charge in [-0.15, -0.1) is 0 Å². The Bertz CT molecular complexity index is 702. The second-order valence-corrected chi connectivity index (χ2v) is 4.35. The minimum atomic E-state index is -0.226. The number of pyridine rings is 1. The normalized spacial score (nSPS) is 12.7. The maximum atomic E-state index is 5.88. The summed E-state index contributed by atoms with van der Waals surface area (Å²) in [7, 11) is 0. The highest BCUT2D eigenvalue weighted by Crippen LogP contribution is 2.25. The van der Waals surface area contributed by atoms with Crippen molar-refractivity contribution < 1.29 is 4.52 Å². The Kier molecular flexibility index (Phi) is 2.97. The van der Waals surface area contributed by atoms with Crippen molar-refractivity contribution in [2.75, 3.05) is 0 Å². The van der Waals surface area contributed by atoms with Gasteiger partial charge in [-0.25, -0.2) is 0 Å². The van der Waals surface area contributed by atoms with E-state index in [0.29, 0.717) is 11.7 Å². The first kappa shape index (κ1) is 11.8. The molecule has 3 aromatic rings. The Balaban J connectivity index is 2.12. The van der Waals surface area contributed by atoms with Gasteiger partial charge in [-0.1, -0.05) is 36.3 Å². The predicted molar refractivity (Wildman–Crippen MR) is 72.3 cm³/mol. The number of hydrogen-bond donors (Lipinski definition) is 1. The first-order valence-corrected chi connectivity index (χ1v) is 6.23. The zero-order chi connectivity index (χ0) is 13.2. The van der Waals surface area contributed by atoms with Gasteiger partial charge in [0, 0.05) is 11.6 Å². The lowest BCUT2D eigenvalue weighted by Gasteiger charge is -2.01. The topological polar surface area (TPSA) is 77.8 Å². The van der Waals surface area contributed by atoms with Crippen LogP contribution in [0.2, 0.25) is 0 Å². The van der Waals surface area contributed by atoms with Gasteiger partial charge in [0.25, 0.3) is 0 Å². The van der Waals surface area contributed by atoms with Crippen LogP contribution in [0.3, 0.4) is 0 Å². The fourth-order valence-electron chi connectivity index (χ4n) is 1.95. The largest absolute Gasteiger partial charge is 0.337 e. The lowest BCUT2D eigenvalue weighted by atomic mass is 10.1. The van der Waals surface area contributed by atoms with Gasteiger partial charge < -0.3 is 10.3 Å². The van der Waals surface area contributed by atoms with Gasteiger partial charge in [0.1, 0.15) is 5.69 Å². The van der Waals surface area contributed by atoms with Gasteiger partial charge >= 0.3 is 0 Å². The molecule has 0 saturated carbocycles. The zero-order valence-corrected chi connectivity index (χ0v) is 10.6. The number of benzene rings is 1. The predicted octanol–water partition coefficient (Wildman–Crippen LogP) is 2.69. The van der Waals surface area contributed by atoms with Gasteiger partial charge in [-0.2, -0.15) is 4.98 Å². The van der Waals surface area contributed by atoms with Crippen molar-refractivity contribution in [1.82, 2.24) is 15.1 Å². The van der Waals surface area contributed by atoms with Crippen LogP contribution < -0.4 is 5.73 Å². The monoisotopic (exact) mass is 254 g/mol. The first-order valence-electron chi connectivity index (χ1n) is 6.23. The second-order valence-electron chi connectivity index (χ2n) is 4.35. The van der Waals surface area contributed by atoms with Crippen LogP contribution in [-0.2, 0) is 0 Å². The quantitative estimate of drug-likeness (QED) is 0.777. The highest BCUT2D eigenvalue weighted by atomic mass is 16.5. The van der Waals surface area contributed by atoms with Crippen molar-refractivity contribution in [3.8, 4) is 11.5 Å². The van der Waals surface area contributed by atoms with E-state index in [1.807, 2.05) is 37.3 Å². The summed E-state index contributed by atoms with van der Waals surface area (Å²) in [5, 5.41) is 6.08. The van der Waals surface area contributed by atoms with Gasteiger partial charge in [-0.3, -0.25) is 4.98 Å². The molecule has 0 amide bonds. The Morgan fingerprint density at radius 1 is 1.26 bits per heavy atom. The number of hydrogen-bond acceptors (Lipinski definition) is 5. The smallest absolute Gasteiger partial charge is 0.243 e. The molecule has 0 aliphatic heterocycles. The average molecular weight is 254 g/mol. The van der Waals surface area contributed by atoms with E-state index < -0.39 is 0 Å². The van der Waals surface area contributed by atoms with Gasteiger partial charge in [0.2, 0.25) is 11.7 Å². The SMILES string of the molecule is CC[C@@H](N)c1nc(-c2nccc3ccccc23)no1. The number of rotatable bonds is 3. The van der Waals surface area contributed by atoms with Crippen molar-refractivity contribution in [2.45, 2.75) is 19.4 Å². The molecule has 1 atom stereocenters. The maximum Gasteiger partial charge on any atom is 0.243 e. The molecule has 2 aromatic heterocycles. The van der Waals surface area contributed by atoms with Crippen LogP contribution in [0.15, 0.2) is 41.1 Å². The summed E-state index contributed by atoms with van der Waals surface area (Å²) >= 11 is 0. The molecule has 0 fully saturated rings. The highest BCUT2D eigenvalue weighted by molar-refractivity contribution is 5.92. The van der Waals surface area contributed by atoms with Crippen LogP contribution >= 0.6 is 0 Å². The molecule has 0 spiro atoms. The number of aromatic nitrogens is 3. The molecule has 0 aliphatic rings. The summed E-state index contributed by atoms with van der Waals surface area (Å²) in [4.78, 5) is 8.69. The summed E-state index contributed by atoms with van der Waals surface area (Å²) in [5.41, 5.74) is 6.60. The van der Waals surface area contributed by atoms with Crippen molar-refractivity contribution in [3.63, 3.8) is 0 Å². The third-order valence-electron chi connectivity index (χ3n) is 3.08. The Morgan fingerprint density at radius 3 is 2.95 bits per heavy atom. The van der Waals surface area contributed by atoms with Crippen LogP contribution in [0.5, 0.6) is 0 Å². The van der Waals surface area contributed by atoms with E-state index in [2.05, 4.69) is 15.1 Å². The van der Waals surface area contributed by atoms with Crippen LogP contribution in [0.1, 0.15) is 25.3 Å². The molecule has 0 saturated heterocycles. The molecule has 0 aliphatic carbocycles. The molecule has 96 valence electrons. The van der Waals surface area contributed by atoms with Gasteiger partial charge in [0.05, 0.1) is 6.04 Å². The van der Waals surface area contributed by atoms with Crippen molar-refractivity contribution in [2.24, 2.45) is 5.73 Å². The molecular weight excluding hydrogens is 240 g/mol. The second kappa shape index (κ2) is 4.78. The van der Waals surface area contributed by atoms with Gasteiger partial charge in [-0.05, 0) is 17.9 Å². The fraction of sp³-hybridized carbons (Fsp3) is 0.214. The average Bonchev–Trinajstić information content (AvgIpc) is 2.95. The standard InChI is InChI=1S/C14H14N4O/c1-2-11(15)14-17-13(18-19-14)12-10-6-4-3-5-9(10)7-8-16-12/h3-8,11H,2,15H2,1H3/t11-/m1/s1. The summed E-state index contributed by atoms with van der Waals surface area (Å²) in [5.74, 6) is 0.933. The maximum absolute atomic E-state index is 5.88. The fourth-order valence-corrected chi connectivity index (χ4v) is 1.95. The number of fused-ring (bicyclic) bond motifs is 1. The molecule has 19 heavy (non-hydrogen) atoms. The third kappa shape index (κ3) is 2.08. The van der Waals surface area contributed by atoms with Crippen LogP contribution in [0.4, 0.5) is 0 Å². The zero-order valence-electron chi connectivity index (χ0n) is 10.6. The Morgan fingerprint density at radius 2 is 2.11 bits per heavy atom. The first-order chi connectivity index (χ1) is 9.29. The van der Waals surface area contributed by atoms with Crippen molar-refractivity contribution >= 4 is 10.8 Å². The molecule has 2 N–H and O–H groups in total. The molecule has 5 nitrogen and oxygen atoms in total. The number of nitrogens with two attached hydrogens (primary N) is 1. The van der Waals surface area contributed by atoms with E-state index in [1.165, 1.54) is 0 Å². The van der Waals surface area contributed by atoms with Crippen LogP contribution in [0, 0.1) is 0 Å². The minimum Gasteiger partial charge on any atom is -0.337 e. The van der Waals surface area contributed by atoms with E-state index >= 15 is 0 Å². The molecule has 5 heteroatoms. The Labute approximate surface area is 110 Å². The Hall–Kier alpha value is -2.27. The van der Waals surface area contributed by atoms with Crippen LogP contribution in [0.25, 0.3) is 22.3 Å². The van der Waals surface area contributed by atoms with Crippen molar-refractivity contribution in [1.29, 1.82) is 0 Å². The van der Waals surface area contributed by atoms with E-state index in [-0.39, 0.29) is 6.04 Å². The molecule has 0 bridgehead atoms. The minimum absolute atomic E-state index is 0.226.